The van der Waals surface area contributed by atoms with Gasteiger partial charge in [0.1, 0.15) is 5.76 Å². The second kappa shape index (κ2) is 7.43. The lowest BCUT2D eigenvalue weighted by molar-refractivity contribution is 0.0175. The maximum Gasteiger partial charge on any atom is 0.117 e. The average molecular weight is 293 g/mol. The molecular formula is C17H31N3O. The molecule has 0 aliphatic carbocycles. The van der Waals surface area contributed by atoms with Crippen LogP contribution in [0.1, 0.15) is 39.4 Å². The van der Waals surface area contributed by atoms with Crippen molar-refractivity contribution >= 4 is 0 Å². The van der Waals surface area contributed by atoms with Gasteiger partial charge in [0.15, 0.2) is 0 Å². The van der Waals surface area contributed by atoms with Crippen molar-refractivity contribution < 1.29 is 4.42 Å². The van der Waals surface area contributed by atoms with Gasteiger partial charge in [-0.05, 0) is 50.5 Å². The molecule has 2 N–H and O–H groups in total. The summed E-state index contributed by atoms with van der Waals surface area (Å²) in [7, 11) is 0. The largest absolute Gasteiger partial charge is 0.468 e. The van der Waals surface area contributed by atoms with Crippen LogP contribution in [0.25, 0.3) is 0 Å². The zero-order valence-corrected chi connectivity index (χ0v) is 13.8. The molecule has 0 amide bonds. The minimum absolute atomic E-state index is 0.134. The van der Waals surface area contributed by atoms with E-state index in [0.29, 0.717) is 0 Å². The van der Waals surface area contributed by atoms with E-state index in [-0.39, 0.29) is 5.54 Å². The normalized spacial score (nSPS) is 19.5. The van der Waals surface area contributed by atoms with Crippen LogP contribution < -0.4 is 5.73 Å². The Kier molecular flexibility index (Phi) is 5.85. The van der Waals surface area contributed by atoms with Crippen molar-refractivity contribution in [2.75, 3.05) is 32.7 Å². The summed E-state index contributed by atoms with van der Waals surface area (Å²) in [4.78, 5) is 5.10. The van der Waals surface area contributed by atoms with Crippen LogP contribution in [0.5, 0.6) is 0 Å². The highest BCUT2D eigenvalue weighted by molar-refractivity contribution is 5.02. The molecule has 21 heavy (non-hydrogen) atoms. The first-order chi connectivity index (χ1) is 10.1. The molecule has 4 heteroatoms. The fourth-order valence-electron chi connectivity index (χ4n) is 3.52. The predicted octanol–water partition coefficient (Wildman–Crippen LogP) is 2.55. The van der Waals surface area contributed by atoms with Crippen LogP contribution in [0.15, 0.2) is 22.8 Å². The summed E-state index contributed by atoms with van der Waals surface area (Å²) in [6, 6.07) is 4.02. The van der Waals surface area contributed by atoms with Crippen LogP contribution in [0.3, 0.4) is 0 Å². The molecule has 4 nitrogen and oxygen atoms in total. The molecule has 0 aromatic carbocycles. The van der Waals surface area contributed by atoms with Crippen LogP contribution in [-0.4, -0.2) is 48.1 Å². The first-order valence-electron chi connectivity index (χ1n) is 8.29. The van der Waals surface area contributed by atoms with Gasteiger partial charge in [0, 0.05) is 18.6 Å². The molecule has 1 saturated heterocycles. The van der Waals surface area contributed by atoms with E-state index < -0.39 is 0 Å². The Bertz CT molecular complexity index is 394. The SMILES string of the molecule is CCN(Cc1ccco1)C1(CN)CCN(CC(C)C)CC1. The van der Waals surface area contributed by atoms with Crippen LogP contribution in [0.4, 0.5) is 0 Å². The molecule has 2 rings (SSSR count). The molecule has 1 aliphatic rings. The Morgan fingerprint density at radius 2 is 2.10 bits per heavy atom. The van der Waals surface area contributed by atoms with Crippen LogP contribution in [0, 0.1) is 5.92 Å². The van der Waals surface area contributed by atoms with Crippen LogP contribution in [-0.2, 0) is 6.54 Å². The van der Waals surface area contributed by atoms with E-state index in [1.165, 1.54) is 6.54 Å². The smallest absolute Gasteiger partial charge is 0.117 e. The van der Waals surface area contributed by atoms with Gasteiger partial charge in [-0.3, -0.25) is 4.90 Å². The molecule has 1 aromatic heterocycles. The Morgan fingerprint density at radius 3 is 2.57 bits per heavy atom. The summed E-state index contributed by atoms with van der Waals surface area (Å²) in [6.45, 7) is 12.9. The van der Waals surface area contributed by atoms with Crippen molar-refractivity contribution in [3.8, 4) is 0 Å². The number of piperidine rings is 1. The fourth-order valence-corrected chi connectivity index (χ4v) is 3.52. The van der Waals surface area contributed by atoms with Crippen molar-refractivity contribution in [3.63, 3.8) is 0 Å². The lowest BCUT2D eigenvalue weighted by atomic mass is 9.85. The lowest BCUT2D eigenvalue weighted by Gasteiger charge is -2.48. The monoisotopic (exact) mass is 293 g/mol. The summed E-state index contributed by atoms with van der Waals surface area (Å²) >= 11 is 0. The minimum Gasteiger partial charge on any atom is -0.468 e. The van der Waals surface area contributed by atoms with Crippen molar-refractivity contribution in [2.24, 2.45) is 11.7 Å². The number of nitrogens with zero attached hydrogens (tertiary/aromatic N) is 2. The second-order valence-corrected chi connectivity index (χ2v) is 6.72. The number of rotatable bonds is 7. The Hall–Kier alpha value is -0.840. The number of likely N-dealkylation sites (N-methyl/N-ethyl adjacent to an activating group) is 1. The van der Waals surface area contributed by atoms with E-state index in [1.54, 1.807) is 6.26 Å². The van der Waals surface area contributed by atoms with E-state index in [0.717, 1.165) is 57.2 Å². The van der Waals surface area contributed by atoms with E-state index in [1.807, 2.05) is 6.07 Å². The van der Waals surface area contributed by atoms with Gasteiger partial charge >= 0.3 is 0 Å². The average Bonchev–Trinajstić information content (AvgIpc) is 2.98. The topological polar surface area (TPSA) is 45.6 Å². The Labute approximate surface area is 129 Å². The quantitative estimate of drug-likeness (QED) is 0.839. The molecule has 2 heterocycles. The third kappa shape index (κ3) is 4.09. The number of hydrogen-bond acceptors (Lipinski definition) is 4. The summed E-state index contributed by atoms with van der Waals surface area (Å²) in [5.41, 5.74) is 6.33. The molecule has 0 radical (unpaired) electrons. The molecule has 0 unspecified atom stereocenters. The number of hydrogen-bond donors (Lipinski definition) is 1. The highest BCUT2D eigenvalue weighted by Gasteiger charge is 2.38. The maximum atomic E-state index is 6.20. The van der Waals surface area contributed by atoms with Gasteiger partial charge in [0.25, 0.3) is 0 Å². The van der Waals surface area contributed by atoms with Gasteiger partial charge in [0.05, 0.1) is 12.8 Å². The highest BCUT2D eigenvalue weighted by Crippen LogP contribution is 2.30. The van der Waals surface area contributed by atoms with Crippen molar-refractivity contribution in [2.45, 2.75) is 45.7 Å². The third-order valence-corrected chi connectivity index (χ3v) is 4.77. The van der Waals surface area contributed by atoms with Crippen molar-refractivity contribution in [3.05, 3.63) is 24.2 Å². The molecule has 1 fully saturated rings. The summed E-state index contributed by atoms with van der Waals surface area (Å²) in [6.07, 6.45) is 4.07. The zero-order chi connectivity index (χ0) is 15.3. The zero-order valence-electron chi connectivity index (χ0n) is 13.8. The number of likely N-dealkylation sites (tertiary alicyclic amines) is 1. The van der Waals surface area contributed by atoms with E-state index in [4.69, 9.17) is 10.2 Å². The van der Waals surface area contributed by atoms with Gasteiger partial charge in [-0.1, -0.05) is 20.8 Å². The molecule has 0 spiro atoms. The van der Waals surface area contributed by atoms with Crippen molar-refractivity contribution in [1.82, 2.24) is 9.80 Å². The van der Waals surface area contributed by atoms with E-state index in [2.05, 4.69) is 36.6 Å². The second-order valence-electron chi connectivity index (χ2n) is 6.72. The van der Waals surface area contributed by atoms with Crippen LogP contribution in [0.2, 0.25) is 0 Å². The van der Waals surface area contributed by atoms with Gasteiger partial charge in [-0.2, -0.15) is 0 Å². The first-order valence-corrected chi connectivity index (χ1v) is 8.29. The highest BCUT2D eigenvalue weighted by atomic mass is 16.3. The molecule has 1 aromatic rings. The molecule has 0 atom stereocenters. The Balaban J connectivity index is 2.00. The summed E-state index contributed by atoms with van der Waals surface area (Å²) in [5, 5.41) is 0. The molecular weight excluding hydrogens is 262 g/mol. The van der Waals surface area contributed by atoms with E-state index >= 15 is 0 Å². The third-order valence-electron chi connectivity index (χ3n) is 4.77. The molecule has 1 aliphatic heterocycles. The van der Waals surface area contributed by atoms with Gasteiger partial charge in [-0.25, -0.2) is 0 Å². The predicted molar refractivity (Wildman–Crippen MR) is 87.1 cm³/mol. The minimum atomic E-state index is 0.134. The molecule has 120 valence electrons. The molecule has 0 bridgehead atoms. The van der Waals surface area contributed by atoms with Gasteiger partial charge in [0.2, 0.25) is 0 Å². The summed E-state index contributed by atoms with van der Waals surface area (Å²) in [5.74, 6) is 1.77. The van der Waals surface area contributed by atoms with Crippen molar-refractivity contribution in [1.29, 1.82) is 0 Å². The standard InChI is InChI=1S/C17H31N3O/c1-4-20(13-16-6-5-11-21-16)17(14-18)7-9-19(10-8-17)12-15(2)3/h5-6,11,15H,4,7-10,12-14,18H2,1-3H3. The van der Waals surface area contributed by atoms with Gasteiger partial charge < -0.3 is 15.1 Å². The number of furan rings is 1. The lowest BCUT2D eigenvalue weighted by Crippen LogP contribution is -2.59. The maximum absolute atomic E-state index is 6.20. The fraction of sp³-hybridized carbons (Fsp3) is 0.765. The van der Waals surface area contributed by atoms with Gasteiger partial charge in [-0.15, -0.1) is 0 Å². The first kappa shape index (κ1) is 16.5. The van der Waals surface area contributed by atoms with E-state index in [9.17, 15) is 0 Å². The number of nitrogens with two attached hydrogens (primary N) is 1. The Morgan fingerprint density at radius 1 is 1.38 bits per heavy atom. The molecule has 0 saturated carbocycles. The van der Waals surface area contributed by atoms with Crippen LogP contribution >= 0.6 is 0 Å². The summed E-state index contributed by atoms with van der Waals surface area (Å²) < 4.78 is 5.53.